The third-order valence-corrected chi connectivity index (χ3v) is 2.01. The van der Waals surface area contributed by atoms with Gasteiger partial charge in [0.25, 0.3) is 0 Å². The zero-order chi connectivity index (χ0) is 18.6. The lowest BCUT2D eigenvalue weighted by Gasteiger charge is -2.07. The molecule has 3 heteroatoms. The maximum atomic E-state index is 9.93. The van der Waals surface area contributed by atoms with E-state index in [9.17, 15) is 5.11 Å². The highest BCUT2D eigenvalue weighted by Crippen LogP contribution is 2.21. The van der Waals surface area contributed by atoms with E-state index in [2.05, 4.69) is 0 Å². The summed E-state index contributed by atoms with van der Waals surface area (Å²) in [6.45, 7) is -6.25. The Hall–Kier alpha value is -1.48. The van der Waals surface area contributed by atoms with Crippen molar-refractivity contribution in [2.75, 3.05) is 7.04 Å². The first kappa shape index (κ1) is 3.83. The van der Waals surface area contributed by atoms with Gasteiger partial charge in [-0.2, -0.15) is 0 Å². The lowest BCUT2D eigenvalue weighted by molar-refractivity contribution is 0.175. The molecular weight excluding hydrogens is 190 g/mol. The zero-order valence-electron chi connectivity index (χ0n) is 16.7. The second kappa shape index (κ2) is 3.95. The Morgan fingerprint density at radius 2 is 2.60 bits per heavy atom. The summed E-state index contributed by atoms with van der Waals surface area (Å²) in [4.78, 5) is 0. The molecule has 0 fully saturated rings. The molecule has 1 heterocycles. The van der Waals surface area contributed by atoms with Gasteiger partial charge in [0.05, 0.1) is 21.3 Å². The van der Waals surface area contributed by atoms with Crippen molar-refractivity contribution in [3.8, 4) is 5.75 Å². The molecule has 1 N–H and O–H groups in total. The molecule has 0 bridgehead atoms. The van der Waals surface area contributed by atoms with Gasteiger partial charge in [0.15, 0.2) is 0 Å². The molecule has 1 unspecified atom stereocenters. The monoisotopic (exact) mass is 214 g/mol. The van der Waals surface area contributed by atoms with E-state index in [1.54, 1.807) is 0 Å². The predicted octanol–water partition coefficient (Wildman–Crippen LogP) is 2.03. The van der Waals surface area contributed by atoms with Crippen LogP contribution >= 0.6 is 0 Å². The lowest BCUT2D eigenvalue weighted by Crippen LogP contribution is -2.10. The Morgan fingerprint density at radius 3 is 3.40 bits per heavy atom. The van der Waals surface area contributed by atoms with Crippen LogP contribution in [0.3, 0.4) is 0 Å². The summed E-state index contributed by atoms with van der Waals surface area (Å²) in [5.41, 5.74) is 0.174. The first-order chi connectivity index (χ1) is 10.7. The van der Waals surface area contributed by atoms with Gasteiger partial charge < -0.3 is 14.4 Å². The number of nitrogens with zero attached hydrogens (tertiary/aromatic N) is 1. The molecule has 0 amide bonds. The van der Waals surface area contributed by atoms with Crippen molar-refractivity contribution < 1.29 is 22.2 Å². The van der Waals surface area contributed by atoms with Gasteiger partial charge in [-0.05, 0) is 31.1 Å². The summed E-state index contributed by atoms with van der Waals surface area (Å²) < 4.78 is 71.8. The van der Waals surface area contributed by atoms with Crippen molar-refractivity contribution in [1.82, 2.24) is 4.57 Å². The molecule has 0 aliphatic carbocycles. The summed E-state index contributed by atoms with van der Waals surface area (Å²) >= 11 is 0. The zero-order valence-corrected chi connectivity index (χ0v) is 7.69. The maximum absolute atomic E-state index is 9.93. The Bertz CT molecular complexity index is 745. The van der Waals surface area contributed by atoms with Crippen LogP contribution in [0.2, 0.25) is 0 Å². The van der Waals surface area contributed by atoms with Gasteiger partial charge in [0.2, 0.25) is 0 Å². The second-order valence-corrected chi connectivity index (χ2v) is 2.97. The summed E-state index contributed by atoms with van der Waals surface area (Å²) in [5.74, 6) is 0.0257. The molecule has 15 heavy (non-hydrogen) atoms. The average molecular weight is 214 g/mol. The van der Waals surface area contributed by atoms with Crippen molar-refractivity contribution in [3.63, 3.8) is 0 Å². The highest BCUT2D eigenvalue weighted by Gasteiger charge is 2.04. The number of hydrogen-bond acceptors (Lipinski definition) is 2. The molecule has 2 rings (SSSR count). The number of rotatable bonds is 3. The van der Waals surface area contributed by atoms with Gasteiger partial charge in [-0.25, -0.2) is 0 Å². The molecule has 0 aliphatic rings. The number of hydrogen-bond donors (Lipinski definition) is 1. The van der Waals surface area contributed by atoms with Crippen LogP contribution in [0, 0.1) is 0 Å². The van der Waals surface area contributed by atoms with Gasteiger partial charge in [0.1, 0.15) is 5.75 Å². The van der Waals surface area contributed by atoms with Crippen molar-refractivity contribution >= 4 is 10.9 Å². The normalized spacial score (nSPS) is 26.6. The molecule has 1 aromatic carbocycles. The molecule has 0 saturated heterocycles. The molecule has 3 nitrogen and oxygen atoms in total. The SMILES string of the molecule is [2H]C([2H])([2H])Oc1ccc2c(ccn2C([2H])([2H])C([2H])(O)C([2H])([2H])[2H])c1. The number of aromatic nitrogens is 1. The topological polar surface area (TPSA) is 34.4 Å². The van der Waals surface area contributed by atoms with E-state index in [1.165, 1.54) is 30.5 Å². The van der Waals surface area contributed by atoms with E-state index in [4.69, 9.17) is 17.1 Å². The molecular formula is C12H15NO2. The third kappa shape index (κ3) is 1.97. The van der Waals surface area contributed by atoms with Crippen LogP contribution in [0.4, 0.5) is 0 Å². The lowest BCUT2D eigenvalue weighted by atomic mass is 10.2. The van der Waals surface area contributed by atoms with Crippen LogP contribution < -0.4 is 4.74 Å². The standard InChI is InChI=1S/C12H15NO2/c1-9(14)8-13-6-5-10-7-11(15-2)3-4-12(10)13/h3-7,9,14H,8H2,1-2H3/i1D3,2D3,8D2,9D. The van der Waals surface area contributed by atoms with Gasteiger partial charge in [-0.15, -0.1) is 0 Å². The third-order valence-electron chi connectivity index (χ3n) is 2.01. The Morgan fingerprint density at radius 1 is 1.67 bits per heavy atom. The molecule has 0 radical (unpaired) electrons. The fourth-order valence-electron chi connectivity index (χ4n) is 1.40. The van der Waals surface area contributed by atoms with E-state index in [0.29, 0.717) is 5.39 Å². The Kier molecular flexibility index (Phi) is 1.01. The largest absolute Gasteiger partial charge is 0.497 e. The van der Waals surface area contributed by atoms with Crippen LogP contribution in [0.25, 0.3) is 10.9 Å². The minimum Gasteiger partial charge on any atom is -0.497 e. The summed E-state index contributed by atoms with van der Waals surface area (Å²) in [7, 11) is -2.65. The fourth-order valence-corrected chi connectivity index (χ4v) is 1.40. The van der Waals surface area contributed by atoms with E-state index < -0.39 is 26.5 Å². The van der Waals surface area contributed by atoms with Crippen molar-refractivity contribution in [2.45, 2.75) is 19.4 Å². The average Bonchev–Trinajstić information content (AvgIpc) is 2.78. The van der Waals surface area contributed by atoms with Gasteiger partial charge >= 0.3 is 0 Å². The van der Waals surface area contributed by atoms with Crippen molar-refractivity contribution in [3.05, 3.63) is 30.5 Å². The number of benzene rings is 1. The predicted molar refractivity (Wildman–Crippen MR) is 60.2 cm³/mol. The van der Waals surface area contributed by atoms with Gasteiger partial charge in [-0.3, -0.25) is 0 Å². The number of methoxy groups -OCH3 is 1. The van der Waals surface area contributed by atoms with Crippen LogP contribution in [0.1, 0.15) is 19.2 Å². The number of ether oxygens (including phenoxy) is 1. The highest BCUT2D eigenvalue weighted by molar-refractivity contribution is 5.81. The van der Waals surface area contributed by atoms with Crippen molar-refractivity contribution in [1.29, 1.82) is 0 Å². The first-order valence-electron chi connectivity index (χ1n) is 8.70. The molecule has 0 saturated carbocycles. The quantitative estimate of drug-likeness (QED) is 0.848. The minimum atomic E-state index is -3.39. The molecule has 1 aromatic heterocycles. The van der Waals surface area contributed by atoms with E-state index in [0.717, 1.165) is 4.57 Å². The smallest absolute Gasteiger partial charge is 0.119 e. The first-order valence-corrected chi connectivity index (χ1v) is 4.20. The molecule has 80 valence electrons. The number of fused-ring (bicyclic) bond motifs is 1. The summed E-state index contributed by atoms with van der Waals surface area (Å²) in [6, 6.07) is 5.34. The molecule has 2 aromatic rings. The summed E-state index contributed by atoms with van der Waals surface area (Å²) in [5, 5.41) is 10.3. The number of aliphatic hydroxyl groups is 1. The second-order valence-electron chi connectivity index (χ2n) is 2.97. The maximum Gasteiger partial charge on any atom is 0.119 e. The van der Waals surface area contributed by atoms with Crippen LogP contribution in [0.15, 0.2) is 30.5 Å². The van der Waals surface area contributed by atoms with E-state index >= 15 is 0 Å². The van der Waals surface area contributed by atoms with Gasteiger partial charge in [0, 0.05) is 27.7 Å². The van der Waals surface area contributed by atoms with E-state index in [1.807, 2.05) is 0 Å². The molecule has 0 aliphatic heterocycles. The fraction of sp³-hybridized carbons (Fsp3) is 0.333. The van der Waals surface area contributed by atoms with Crippen LogP contribution in [-0.2, 0) is 6.50 Å². The van der Waals surface area contributed by atoms with Crippen LogP contribution in [-0.4, -0.2) is 22.8 Å². The summed E-state index contributed by atoms with van der Waals surface area (Å²) in [6.07, 6.45) is -2.21. The Balaban J connectivity index is 2.51. The molecule has 1 atom stereocenters. The highest BCUT2D eigenvalue weighted by atomic mass is 16.5. The minimum absolute atomic E-state index is 0.0257. The molecule has 0 spiro atoms. The Labute approximate surface area is 102 Å². The van der Waals surface area contributed by atoms with E-state index in [-0.39, 0.29) is 11.3 Å². The van der Waals surface area contributed by atoms with Gasteiger partial charge in [-0.1, -0.05) is 0 Å². The van der Waals surface area contributed by atoms with Crippen molar-refractivity contribution in [2.24, 2.45) is 0 Å². The van der Waals surface area contributed by atoms with Crippen LogP contribution in [0.5, 0.6) is 5.75 Å².